The third-order valence-corrected chi connectivity index (χ3v) is 3.99. The number of carbonyl (C=O) groups excluding carboxylic acids is 2. The number of hydrogen-bond donors (Lipinski definition) is 0. The van der Waals surface area contributed by atoms with Crippen molar-refractivity contribution in [2.75, 3.05) is 24.7 Å². The largest absolute Gasteiger partial charge is 0.426 e. The fourth-order valence-electron chi connectivity index (χ4n) is 2.75. The van der Waals surface area contributed by atoms with Crippen molar-refractivity contribution in [3.05, 3.63) is 24.3 Å². The molecule has 2 saturated heterocycles. The molecule has 5 heteroatoms. The molecule has 0 saturated carbocycles. The van der Waals surface area contributed by atoms with Gasteiger partial charge in [-0.1, -0.05) is 0 Å². The molecule has 0 unspecified atom stereocenters. The van der Waals surface area contributed by atoms with E-state index in [4.69, 9.17) is 9.47 Å². The number of anilines is 1. The molecule has 0 bridgehead atoms. The molecule has 0 radical (unpaired) electrons. The lowest BCUT2D eigenvalue weighted by molar-refractivity contribution is -0.142. The minimum atomic E-state index is -0.191. The number of ether oxygens (including phenoxy) is 2. The molecule has 2 heterocycles. The van der Waals surface area contributed by atoms with Gasteiger partial charge in [0, 0.05) is 31.9 Å². The molecule has 0 spiro atoms. The van der Waals surface area contributed by atoms with E-state index in [-0.39, 0.29) is 17.8 Å². The van der Waals surface area contributed by atoms with E-state index in [1.807, 2.05) is 12.1 Å². The normalized spacial score (nSPS) is 19.8. The quantitative estimate of drug-likeness (QED) is 0.632. The molecule has 21 heavy (non-hydrogen) atoms. The van der Waals surface area contributed by atoms with Crippen molar-refractivity contribution in [1.82, 2.24) is 0 Å². The first-order valence-corrected chi connectivity index (χ1v) is 7.44. The summed E-state index contributed by atoms with van der Waals surface area (Å²) in [7, 11) is 0. The van der Waals surface area contributed by atoms with Crippen LogP contribution < -0.4 is 9.64 Å². The van der Waals surface area contributed by atoms with Gasteiger partial charge < -0.3 is 14.4 Å². The molecule has 0 aromatic heterocycles. The van der Waals surface area contributed by atoms with E-state index in [9.17, 15) is 9.59 Å². The zero-order valence-electron chi connectivity index (χ0n) is 11.9. The Bertz CT molecular complexity index is 520. The van der Waals surface area contributed by atoms with Gasteiger partial charge in [-0.05, 0) is 43.5 Å². The van der Waals surface area contributed by atoms with E-state index in [0.717, 1.165) is 31.5 Å². The van der Waals surface area contributed by atoms with Gasteiger partial charge in [-0.25, -0.2) is 0 Å². The average molecular weight is 289 g/mol. The summed E-state index contributed by atoms with van der Waals surface area (Å²) < 4.78 is 10.6. The molecule has 2 aliphatic rings. The Morgan fingerprint density at radius 1 is 1.19 bits per heavy atom. The summed E-state index contributed by atoms with van der Waals surface area (Å²) in [5.41, 5.74) is 0.864. The van der Waals surface area contributed by atoms with E-state index in [1.54, 1.807) is 17.0 Å². The fourth-order valence-corrected chi connectivity index (χ4v) is 2.75. The van der Waals surface area contributed by atoms with Gasteiger partial charge in [0.1, 0.15) is 5.75 Å². The number of esters is 1. The maximum absolute atomic E-state index is 12.0. The zero-order valence-corrected chi connectivity index (χ0v) is 11.9. The first-order chi connectivity index (χ1) is 10.2. The van der Waals surface area contributed by atoms with Gasteiger partial charge in [0.25, 0.3) is 0 Å². The Balaban J connectivity index is 1.61. The molecule has 5 nitrogen and oxygen atoms in total. The Labute approximate surface area is 123 Å². The van der Waals surface area contributed by atoms with Crippen LogP contribution in [0.5, 0.6) is 5.75 Å². The lowest BCUT2D eigenvalue weighted by Gasteiger charge is -2.20. The average Bonchev–Trinajstić information content (AvgIpc) is 2.95. The smallest absolute Gasteiger partial charge is 0.314 e. The lowest BCUT2D eigenvalue weighted by Crippen LogP contribution is -2.27. The van der Waals surface area contributed by atoms with Crippen LogP contribution in [0.15, 0.2) is 24.3 Å². The number of carbonyl (C=O) groups is 2. The number of rotatable bonds is 3. The van der Waals surface area contributed by atoms with Gasteiger partial charge in [-0.2, -0.15) is 0 Å². The highest BCUT2D eigenvalue weighted by Crippen LogP contribution is 2.25. The van der Waals surface area contributed by atoms with Gasteiger partial charge in [0.05, 0.1) is 5.92 Å². The van der Waals surface area contributed by atoms with Crippen LogP contribution in [-0.2, 0) is 14.3 Å². The minimum Gasteiger partial charge on any atom is -0.426 e. The van der Waals surface area contributed by atoms with Crippen molar-refractivity contribution < 1.29 is 19.1 Å². The standard InChI is InChI=1S/C16H19NO4/c18-15-2-1-9-17(15)13-3-5-14(6-4-13)21-16(19)12-7-10-20-11-8-12/h3-6,12H,1-2,7-11H2. The lowest BCUT2D eigenvalue weighted by atomic mass is 10.0. The predicted molar refractivity (Wildman–Crippen MR) is 77.2 cm³/mol. The van der Waals surface area contributed by atoms with Crippen LogP contribution in [-0.4, -0.2) is 31.6 Å². The molecule has 1 aromatic carbocycles. The topological polar surface area (TPSA) is 55.8 Å². The first-order valence-electron chi connectivity index (χ1n) is 7.44. The van der Waals surface area contributed by atoms with E-state index in [1.165, 1.54) is 0 Å². The fraction of sp³-hybridized carbons (Fsp3) is 0.500. The maximum Gasteiger partial charge on any atom is 0.314 e. The molecule has 3 rings (SSSR count). The molecule has 0 N–H and O–H groups in total. The molecule has 1 amide bonds. The molecule has 0 atom stereocenters. The van der Waals surface area contributed by atoms with Crippen molar-refractivity contribution in [2.24, 2.45) is 5.92 Å². The predicted octanol–water partition coefficient (Wildman–Crippen LogP) is 2.15. The Morgan fingerprint density at radius 3 is 2.52 bits per heavy atom. The summed E-state index contributed by atoms with van der Waals surface area (Å²) in [6.45, 7) is 2.01. The minimum absolute atomic E-state index is 0.0708. The summed E-state index contributed by atoms with van der Waals surface area (Å²) in [5.74, 6) is 0.422. The van der Waals surface area contributed by atoms with Crippen LogP contribution in [0, 0.1) is 5.92 Å². The Hall–Kier alpha value is -1.88. The highest BCUT2D eigenvalue weighted by molar-refractivity contribution is 5.95. The van der Waals surface area contributed by atoms with Gasteiger partial charge in [-0.3, -0.25) is 9.59 Å². The summed E-state index contributed by atoms with van der Waals surface area (Å²) in [5, 5.41) is 0. The highest BCUT2D eigenvalue weighted by Gasteiger charge is 2.24. The van der Waals surface area contributed by atoms with Gasteiger partial charge >= 0.3 is 5.97 Å². The van der Waals surface area contributed by atoms with Crippen molar-refractivity contribution in [3.8, 4) is 5.75 Å². The molecule has 0 aliphatic carbocycles. The third kappa shape index (κ3) is 3.24. The second kappa shape index (κ2) is 6.26. The number of nitrogens with zero attached hydrogens (tertiary/aromatic N) is 1. The van der Waals surface area contributed by atoms with Gasteiger partial charge in [0.2, 0.25) is 5.91 Å². The van der Waals surface area contributed by atoms with Crippen molar-refractivity contribution in [2.45, 2.75) is 25.7 Å². The first kappa shape index (κ1) is 14.1. The number of benzene rings is 1. The van der Waals surface area contributed by atoms with Crippen LogP contribution in [0.2, 0.25) is 0 Å². The van der Waals surface area contributed by atoms with Crippen LogP contribution in [0.1, 0.15) is 25.7 Å². The van der Waals surface area contributed by atoms with Gasteiger partial charge in [0.15, 0.2) is 0 Å². The van der Waals surface area contributed by atoms with E-state index in [0.29, 0.717) is 25.4 Å². The van der Waals surface area contributed by atoms with Crippen LogP contribution >= 0.6 is 0 Å². The SMILES string of the molecule is O=C(Oc1ccc(N2CCCC2=O)cc1)C1CCOCC1. The Morgan fingerprint density at radius 2 is 1.90 bits per heavy atom. The molecular weight excluding hydrogens is 270 g/mol. The maximum atomic E-state index is 12.0. The van der Waals surface area contributed by atoms with Crippen LogP contribution in [0.4, 0.5) is 5.69 Å². The van der Waals surface area contributed by atoms with Crippen LogP contribution in [0.25, 0.3) is 0 Å². The van der Waals surface area contributed by atoms with E-state index >= 15 is 0 Å². The number of hydrogen-bond acceptors (Lipinski definition) is 4. The summed E-state index contributed by atoms with van der Waals surface area (Å²) in [6, 6.07) is 7.15. The van der Waals surface area contributed by atoms with Crippen LogP contribution in [0.3, 0.4) is 0 Å². The van der Waals surface area contributed by atoms with Crippen molar-refractivity contribution in [3.63, 3.8) is 0 Å². The summed E-state index contributed by atoms with van der Waals surface area (Å²) in [6.07, 6.45) is 2.96. The number of amides is 1. The second-order valence-electron chi connectivity index (χ2n) is 5.45. The molecule has 1 aromatic rings. The second-order valence-corrected chi connectivity index (χ2v) is 5.45. The monoisotopic (exact) mass is 289 g/mol. The molecular formula is C16H19NO4. The molecule has 112 valence electrons. The summed E-state index contributed by atoms with van der Waals surface area (Å²) >= 11 is 0. The molecule has 2 fully saturated rings. The third-order valence-electron chi connectivity index (χ3n) is 3.99. The summed E-state index contributed by atoms with van der Waals surface area (Å²) in [4.78, 5) is 25.5. The van der Waals surface area contributed by atoms with Crippen molar-refractivity contribution in [1.29, 1.82) is 0 Å². The van der Waals surface area contributed by atoms with E-state index in [2.05, 4.69) is 0 Å². The van der Waals surface area contributed by atoms with Crippen molar-refractivity contribution >= 4 is 17.6 Å². The highest BCUT2D eigenvalue weighted by atomic mass is 16.5. The molecule has 2 aliphatic heterocycles. The zero-order chi connectivity index (χ0) is 14.7. The van der Waals surface area contributed by atoms with Gasteiger partial charge in [-0.15, -0.1) is 0 Å². The van der Waals surface area contributed by atoms with E-state index < -0.39 is 0 Å². The Kier molecular flexibility index (Phi) is 4.20.